The molecule has 3 aromatic rings. The molecule has 1 aliphatic rings. The third-order valence-electron chi connectivity index (χ3n) is 6.68. The summed E-state index contributed by atoms with van der Waals surface area (Å²) in [5.41, 5.74) is 6.64. The molecule has 2 aromatic carbocycles. The van der Waals surface area contributed by atoms with E-state index in [1.54, 1.807) is 49.4 Å². The third-order valence-corrected chi connectivity index (χ3v) is 6.68. The first-order chi connectivity index (χ1) is 17.4. The fraction of sp³-hybridized carbons (Fsp3) is 0.400. The molecular weight excluding hydrogens is 474 g/mol. The molecule has 0 aliphatic heterocycles. The molecule has 37 heavy (non-hydrogen) atoms. The molecule has 196 valence electrons. The lowest BCUT2D eigenvalue weighted by Gasteiger charge is -2.25. The van der Waals surface area contributed by atoms with Crippen molar-refractivity contribution < 1.29 is 23.0 Å². The van der Waals surface area contributed by atoms with E-state index in [0.29, 0.717) is 39.4 Å². The number of ketones is 1. The highest BCUT2D eigenvalue weighted by atomic mass is 19.1. The highest BCUT2D eigenvalue weighted by Crippen LogP contribution is 2.37. The maximum Gasteiger partial charge on any atom is 0.163 e. The van der Waals surface area contributed by atoms with Gasteiger partial charge in [0.2, 0.25) is 0 Å². The number of alkyl halides is 1. The molecule has 0 spiro atoms. The number of benzene rings is 2. The lowest BCUT2D eigenvalue weighted by atomic mass is 9.88. The first-order valence-electron chi connectivity index (χ1n) is 12.5. The number of ether oxygens (including phenoxy) is 2. The summed E-state index contributed by atoms with van der Waals surface area (Å²) >= 11 is 0. The Labute approximate surface area is 217 Å². The summed E-state index contributed by atoms with van der Waals surface area (Å²) in [5.74, 6) is 0.562. The van der Waals surface area contributed by atoms with Gasteiger partial charge in [-0.1, -0.05) is 0 Å². The minimum atomic E-state index is -1.90. The number of aryl methyl sites for hydroxylation is 1. The van der Waals surface area contributed by atoms with Gasteiger partial charge >= 0.3 is 0 Å². The monoisotopic (exact) mass is 508 g/mol. The normalized spacial score (nSPS) is 15.2. The van der Waals surface area contributed by atoms with Crippen molar-refractivity contribution in [2.45, 2.75) is 70.7 Å². The van der Waals surface area contributed by atoms with Crippen molar-refractivity contribution in [1.82, 2.24) is 4.98 Å². The zero-order chi connectivity index (χ0) is 27.0. The number of aromatic nitrogens is 1. The summed E-state index contributed by atoms with van der Waals surface area (Å²) < 4.78 is 41.2. The first-order valence-corrected chi connectivity index (χ1v) is 12.5. The highest BCUT2D eigenvalue weighted by molar-refractivity contribution is 5.96. The van der Waals surface area contributed by atoms with Gasteiger partial charge in [-0.2, -0.15) is 0 Å². The summed E-state index contributed by atoms with van der Waals surface area (Å²) in [4.78, 5) is 17.6. The molecule has 2 N–H and O–H groups in total. The number of carbonyl (C=O) groups is 1. The van der Waals surface area contributed by atoms with Crippen LogP contribution >= 0.6 is 0 Å². The van der Waals surface area contributed by atoms with Crippen LogP contribution in [0.1, 0.15) is 73.6 Å². The summed E-state index contributed by atoms with van der Waals surface area (Å²) in [5, 5.41) is 0. The van der Waals surface area contributed by atoms with Crippen molar-refractivity contribution in [2.75, 3.05) is 7.11 Å². The van der Waals surface area contributed by atoms with Crippen LogP contribution in [0.15, 0.2) is 48.5 Å². The molecule has 5 nitrogen and oxygen atoms in total. The van der Waals surface area contributed by atoms with Crippen molar-refractivity contribution in [3.8, 4) is 22.8 Å². The average molecular weight is 509 g/mol. The van der Waals surface area contributed by atoms with E-state index in [-0.39, 0.29) is 36.2 Å². The van der Waals surface area contributed by atoms with Gasteiger partial charge in [0.25, 0.3) is 0 Å². The van der Waals surface area contributed by atoms with Gasteiger partial charge in [-0.3, -0.25) is 4.79 Å². The van der Waals surface area contributed by atoms with Gasteiger partial charge in [0.1, 0.15) is 11.5 Å². The van der Waals surface area contributed by atoms with Crippen LogP contribution < -0.4 is 15.2 Å². The predicted molar refractivity (Wildman–Crippen MR) is 140 cm³/mol. The standard InChI is InChI=1S/C30H34F2N2O3/c1-18-14-19(6-10-23(18)31)24-16-21(29(2,3)33)17-28(34-24)30(4,32)13-12-25(35)20-7-11-26(27(15-20)36-5)37-22-8-9-22/h6-7,10-11,14-17,22H,8-9,12-13,33H2,1-5H3. The second-order valence-electron chi connectivity index (χ2n) is 10.6. The van der Waals surface area contributed by atoms with Crippen molar-refractivity contribution >= 4 is 5.78 Å². The Morgan fingerprint density at radius 1 is 1.08 bits per heavy atom. The molecule has 1 fully saturated rings. The van der Waals surface area contributed by atoms with Gasteiger partial charge in [0, 0.05) is 23.1 Å². The molecule has 1 saturated carbocycles. The van der Waals surface area contributed by atoms with Crippen molar-refractivity contribution in [3.63, 3.8) is 0 Å². The molecule has 1 aromatic heterocycles. The number of methoxy groups -OCH3 is 1. The van der Waals surface area contributed by atoms with Crippen LogP contribution in [0.4, 0.5) is 8.78 Å². The SMILES string of the molecule is COc1cc(C(=O)CCC(C)(F)c2cc(C(C)(C)N)cc(-c3ccc(F)c(C)c3)n2)ccc1OC1CC1. The van der Waals surface area contributed by atoms with E-state index in [4.69, 9.17) is 15.2 Å². The first kappa shape index (κ1) is 26.7. The molecule has 0 saturated heterocycles. The highest BCUT2D eigenvalue weighted by Gasteiger charge is 2.31. The number of carbonyl (C=O) groups excluding carboxylic acids is 1. The second kappa shape index (κ2) is 10.2. The average Bonchev–Trinajstić information content (AvgIpc) is 3.67. The van der Waals surface area contributed by atoms with Gasteiger partial charge in [-0.25, -0.2) is 13.8 Å². The maximum atomic E-state index is 16.1. The van der Waals surface area contributed by atoms with Gasteiger partial charge in [-0.05, 0) is 107 Å². The van der Waals surface area contributed by atoms with Crippen LogP contribution in [0.3, 0.4) is 0 Å². The molecule has 0 amide bonds. The minimum absolute atomic E-state index is 0.0259. The largest absolute Gasteiger partial charge is 0.493 e. The smallest absolute Gasteiger partial charge is 0.163 e. The molecular formula is C30H34F2N2O3. The summed E-state index contributed by atoms with van der Waals surface area (Å²) in [7, 11) is 1.53. The fourth-order valence-corrected chi connectivity index (χ4v) is 4.05. The number of rotatable bonds is 10. The van der Waals surface area contributed by atoms with E-state index in [9.17, 15) is 9.18 Å². The molecule has 0 bridgehead atoms. The zero-order valence-electron chi connectivity index (χ0n) is 22.0. The Morgan fingerprint density at radius 3 is 2.43 bits per heavy atom. The van der Waals surface area contributed by atoms with Crippen molar-refractivity contribution in [2.24, 2.45) is 5.73 Å². The lowest BCUT2D eigenvalue weighted by Crippen LogP contribution is -2.30. The predicted octanol–water partition coefficient (Wildman–Crippen LogP) is 6.79. The van der Waals surface area contributed by atoms with E-state index in [2.05, 4.69) is 4.98 Å². The van der Waals surface area contributed by atoms with Crippen molar-refractivity contribution in [1.29, 1.82) is 0 Å². The Balaban J connectivity index is 1.58. The molecule has 0 radical (unpaired) electrons. The topological polar surface area (TPSA) is 74.4 Å². The van der Waals surface area contributed by atoms with Crippen LogP contribution in [0.5, 0.6) is 11.5 Å². The van der Waals surface area contributed by atoms with E-state index >= 15 is 4.39 Å². The fourth-order valence-electron chi connectivity index (χ4n) is 4.05. The quantitative estimate of drug-likeness (QED) is 0.305. The summed E-state index contributed by atoms with van der Waals surface area (Å²) in [6.45, 7) is 6.74. The molecule has 1 heterocycles. The van der Waals surface area contributed by atoms with Crippen LogP contribution in [0.2, 0.25) is 0 Å². The number of Topliss-reactive ketones (excluding diaryl/α,β-unsaturated/α-hetero) is 1. The Morgan fingerprint density at radius 2 is 1.81 bits per heavy atom. The van der Waals surface area contributed by atoms with E-state index in [1.807, 2.05) is 13.8 Å². The number of pyridine rings is 1. The van der Waals surface area contributed by atoms with Crippen molar-refractivity contribution in [3.05, 3.63) is 76.7 Å². The van der Waals surface area contributed by atoms with E-state index < -0.39 is 11.2 Å². The minimum Gasteiger partial charge on any atom is -0.493 e. The Bertz CT molecular complexity index is 1310. The second-order valence-corrected chi connectivity index (χ2v) is 10.6. The molecule has 1 aliphatic carbocycles. The third kappa shape index (κ3) is 6.34. The van der Waals surface area contributed by atoms with E-state index in [0.717, 1.165) is 12.8 Å². The maximum absolute atomic E-state index is 16.1. The van der Waals surface area contributed by atoms with Crippen LogP contribution in [-0.4, -0.2) is 24.0 Å². The van der Waals surface area contributed by atoms with Crippen LogP contribution in [-0.2, 0) is 11.2 Å². The summed E-state index contributed by atoms with van der Waals surface area (Å²) in [6, 6.07) is 13.2. The lowest BCUT2D eigenvalue weighted by molar-refractivity contribution is 0.0929. The van der Waals surface area contributed by atoms with Gasteiger partial charge < -0.3 is 15.2 Å². The van der Waals surface area contributed by atoms with Crippen LogP contribution in [0.25, 0.3) is 11.3 Å². The number of nitrogens with zero attached hydrogens (tertiary/aromatic N) is 1. The molecule has 1 atom stereocenters. The number of hydrogen-bond donors (Lipinski definition) is 1. The zero-order valence-corrected chi connectivity index (χ0v) is 22.0. The van der Waals surface area contributed by atoms with Gasteiger partial charge in [-0.15, -0.1) is 0 Å². The Hall–Kier alpha value is -3.32. The Kier molecular flexibility index (Phi) is 7.38. The van der Waals surface area contributed by atoms with Gasteiger partial charge in [0.15, 0.2) is 17.3 Å². The van der Waals surface area contributed by atoms with E-state index in [1.165, 1.54) is 20.1 Å². The number of hydrogen-bond acceptors (Lipinski definition) is 5. The summed E-state index contributed by atoms with van der Waals surface area (Å²) in [6.07, 6.45) is 2.13. The van der Waals surface area contributed by atoms with Crippen LogP contribution in [0, 0.1) is 12.7 Å². The molecule has 7 heteroatoms. The molecule has 1 unspecified atom stereocenters. The number of halogens is 2. The van der Waals surface area contributed by atoms with Gasteiger partial charge in [0.05, 0.1) is 24.6 Å². The number of nitrogens with two attached hydrogens (primary N) is 1. The molecule has 4 rings (SSSR count).